The number of nitrogens with two attached hydrogens (primary N) is 1. The third-order valence-electron chi connectivity index (χ3n) is 2.62. The Morgan fingerprint density at radius 2 is 2.22 bits per heavy atom. The van der Waals surface area contributed by atoms with Crippen LogP contribution in [0.3, 0.4) is 0 Å². The van der Waals surface area contributed by atoms with Gasteiger partial charge in [0.2, 0.25) is 5.91 Å². The van der Waals surface area contributed by atoms with Crippen molar-refractivity contribution in [2.24, 2.45) is 5.73 Å². The highest BCUT2D eigenvalue weighted by Gasteiger charge is 2.06. The first kappa shape index (κ1) is 14.8. The molecule has 0 unspecified atom stereocenters. The van der Waals surface area contributed by atoms with Crippen LogP contribution in [0.2, 0.25) is 5.02 Å². The van der Waals surface area contributed by atoms with E-state index in [1.54, 1.807) is 7.11 Å². The van der Waals surface area contributed by atoms with E-state index >= 15 is 0 Å². The number of halogens is 1. The minimum Gasteiger partial charge on any atom is -0.496 e. The number of ether oxygens (including phenoxy) is 1. The molecule has 18 heavy (non-hydrogen) atoms. The number of nitrogens with one attached hydrogen (secondary N) is 1. The van der Waals surface area contributed by atoms with Gasteiger partial charge in [0.1, 0.15) is 5.75 Å². The molecule has 0 saturated heterocycles. The fourth-order valence-corrected chi connectivity index (χ4v) is 1.90. The Balaban J connectivity index is 2.33. The van der Waals surface area contributed by atoms with Crippen molar-refractivity contribution in [1.29, 1.82) is 0 Å². The number of methoxy groups -OCH3 is 1. The lowest BCUT2D eigenvalue weighted by molar-refractivity contribution is -0.118. The SMILES string of the molecule is COc1cccc(Cl)c1CNCCCCC(N)=O. The molecule has 0 atom stereocenters. The molecule has 100 valence electrons. The first-order chi connectivity index (χ1) is 8.65. The summed E-state index contributed by atoms with van der Waals surface area (Å²) in [6.45, 7) is 1.47. The van der Waals surface area contributed by atoms with Gasteiger partial charge < -0.3 is 15.8 Å². The van der Waals surface area contributed by atoms with Gasteiger partial charge in [0.05, 0.1) is 7.11 Å². The highest BCUT2D eigenvalue weighted by atomic mass is 35.5. The molecule has 0 bridgehead atoms. The van der Waals surface area contributed by atoms with Gasteiger partial charge in [-0.05, 0) is 31.5 Å². The van der Waals surface area contributed by atoms with E-state index in [1.807, 2.05) is 18.2 Å². The maximum Gasteiger partial charge on any atom is 0.217 e. The zero-order valence-corrected chi connectivity index (χ0v) is 11.3. The smallest absolute Gasteiger partial charge is 0.217 e. The number of hydrogen-bond acceptors (Lipinski definition) is 3. The van der Waals surface area contributed by atoms with E-state index < -0.39 is 0 Å². The fourth-order valence-electron chi connectivity index (χ4n) is 1.66. The molecule has 0 spiro atoms. The Morgan fingerprint density at radius 1 is 1.44 bits per heavy atom. The largest absolute Gasteiger partial charge is 0.496 e. The molecule has 3 N–H and O–H groups in total. The van der Waals surface area contributed by atoms with E-state index in [0.717, 1.165) is 30.7 Å². The highest BCUT2D eigenvalue weighted by molar-refractivity contribution is 6.31. The summed E-state index contributed by atoms with van der Waals surface area (Å²) in [4.78, 5) is 10.5. The summed E-state index contributed by atoms with van der Waals surface area (Å²) in [6, 6.07) is 5.59. The van der Waals surface area contributed by atoms with Crippen molar-refractivity contribution < 1.29 is 9.53 Å². The van der Waals surface area contributed by atoms with Gasteiger partial charge in [0.15, 0.2) is 0 Å². The van der Waals surface area contributed by atoms with Gasteiger partial charge in [-0.3, -0.25) is 4.79 Å². The second kappa shape index (κ2) is 7.95. The van der Waals surface area contributed by atoms with Crippen molar-refractivity contribution in [3.05, 3.63) is 28.8 Å². The van der Waals surface area contributed by atoms with Crippen molar-refractivity contribution in [1.82, 2.24) is 5.32 Å². The average molecular weight is 271 g/mol. The summed E-state index contributed by atoms with van der Waals surface area (Å²) in [5.74, 6) is 0.537. The molecule has 0 aliphatic rings. The third-order valence-corrected chi connectivity index (χ3v) is 2.98. The Morgan fingerprint density at radius 3 is 2.89 bits per heavy atom. The standard InChI is InChI=1S/C13H19ClN2O2/c1-18-12-6-4-5-11(14)10(12)9-16-8-3-2-7-13(15)17/h4-6,16H,2-3,7-9H2,1H3,(H2,15,17). The van der Waals surface area contributed by atoms with E-state index in [-0.39, 0.29) is 5.91 Å². The Bertz CT molecular complexity index is 397. The third kappa shape index (κ3) is 4.94. The molecule has 0 saturated carbocycles. The van der Waals surface area contributed by atoms with E-state index in [1.165, 1.54) is 0 Å². The van der Waals surface area contributed by atoms with Crippen molar-refractivity contribution in [3.63, 3.8) is 0 Å². The Labute approximate surface area is 112 Å². The molecule has 1 amide bonds. The van der Waals surface area contributed by atoms with Gasteiger partial charge in [-0.2, -0.15) is 0 Å². The van der Waals surface area contributed by atoms with Crippen LogP contribution in [0.1, 0.15) is 24.8 Å². The normalized spacial score (nSPS) is 10.3. The molecule has 4 nitrogen and oxygen atoms in total. The van der Waals surface area contributed by atoms with Crippen LogP contribution in [0, 0.1) is 0 Å². The molecular weight excluding hydrogens is 252 g/mol. The molecule has 0 fully saturated rings. The van der Waals surface area contributed by atoms with Crippen molar-refractivity contribution in [2.75, 3.05) is 13.7 Å². The zero-order valence-electron chi connectivity index (χ0n) is 10.5. The van der Waals surface area contributed by atoms with Gasteiger partial charge in [-0.25, -0.2) is 0 Å². The molecule has 0 heterocycles. The van der Waals surface area contributed by atoms with Crippen LogP contribution in [-0.4, -0.2) is 19.6 Å². The number of primary amides is 1. The first-order valence-corrected chi connectivity index (χ1v) is 6.33. The van der Waals surface area contributed by atoms with Crippen molar-refractivity contribution in [3.8, 4) is 5.75 Å². The summed E-state index contributed by atoms with van der Waals surface area (Å²) in [6.07, 6.45) is 2.16. The quantitative estimate of drug-likeness (QED) is 0.711. The van der Waals surface area contributed by atoms with Crippen LogP contribution in [0.4, 0.5) is 0 Å². The molecule has 0 aromatic heterocycles. The second-order valence-corrected chi connectivity index (χ2v) is 4.43. The minimum absolute atomic E-state index is 0.247. The second-order valence-electron chi connectivity index (χ2n) is 4.02. The van der Waals surface area contributed by atoms with E-state index in [9.17, 15) is 4.79 Å². The van der Waals surface area contributed by atoms with Crippen LogP contribution in [0.15, 0.2) is 18.2 Å². The molecule has 0 aliphatic carbocycles. The predicted octanol–water partition coefficient (Wildman–Crippen LogP) is 2.09. The number of carbonyl (C=O) groups is 1. The Kier molecular flexibility index (Phi) is 6.54. The number of amides is 1. The molecule has 0 radical (unpaired) electrons. The average Bonchev–Trinajstić information content (AvgIpc) is 2.34. The molecule has 1 aromatic carbocycles. The predicted molar refractivity (Wildman–Crippen MR) is 72.8 cm³/mol. The van der Waals surface area contributed by atoms with E-state index in [2.05, 4.69) is 5.32 Å². The molecule has 0 aliphatic heterocycles. The zero-order chi connectivity index (χ0) is 13.4. The minimum atomic E-state index is -0.247. The van der Waals surface area contributed by atoms with Crippen LogP contribution in [-0.2, 0) is 11.3 Å². The first-order valence-electron chi connectivity index (χ1n) is 5.95. The Hall–Kier alpha value is -1.26. The van der Waals surface area contributed by atoms with Gasteiger partial charge in [0.25, 0.3) is 0 Å². The summed E-state index contributed by atoms with van der Waals surface area (Å²) in [5, 5.41) is 3.97. The van der Waals surface area contributed by atoms with Gasteiger partial charge in [0, 0.05) is 23.6 Å². The summed E-state index contributed by atoms with van der Waals surface area (Å²) in [5.41, 5.74) is 6.02. The van der Waals surface area contributed by atoms with Crippen LogP contribution >= 0.6 is 11.6 Å². The summed E-state index contributed by atoms with van der Waals surface area (Å²) < 4.78 is 5.25. The number of rotatable bonds is 8. The van der Waals surface area contributed by atoms with Gasteiger partial charge in [-0.15, -0.1) is 0 Å². The maximum absolute atomic E-state index is 10.5. The molecule has 5 heteroatoms. The number of unbranched alkanes of at least 4 members (excludes halogenated alkanes) is 1. The van der Waals surface area contributed by atoms with Crippen LogP contribution < -0.4 is 15.8 Å². The summed E-state index contributed by atoms with van der Waals surface area (Å²) >= 11 is 6.11. The topological polar surface area (TPSA) is 64.3 Å². The van der Waals surface area contributed by atoms with Crippen LogP contribution in [0.5, 0.6) is 5.75 Å². The molecule has 1 rings (SSSR count). The molecular formula is C13H19ClN2O2. The van der Waals surface area contributed by atoms with Crippen molar-refractivity contribution in [2.45, 2.75) is 25.8 Å². The van der Waals surface area contributed by atoms with Crippen LogP contribution in [0.25, 0.3) is 0 Å². The van der Waals surface area contributed by atoms with E-state index in [4.69, 9.17) is 22.1 Å². The fraction of sp³-hybridized carbons (Fsp3) is 0.462. The number of benzene rings is 1. The summed E-state index contributed by atoms with van der Waals surface area (Å²) in [7, 11) is 1.63. The molecule has 1 aromatic rings. The van der Waals surface area contributed by atoms with Crippen molar-refractivity contribution >= 4 is 17.5 Å². The lowest BCUT2D eigenvalue weighted by Crippen LogP contribution is -2.17. The highest BCUT2D eigenvalue weighted by Crippen LogP contribution is 2.25. The van der Waals surface area contributed by atoms with Gasteiger partial charge >= 0.3 is 0 Å². The van der Waals surface area contributed by atoms with Gasteiger partial charge in [-0.1, -0.05) is 17.7 Å². The van der Waals surface area contributed by atoms with E-state index in [0.29, 0.717) is 18.0 Å². The lowest BCUT2D eigenvalue weighted by Gasteiger charge is -2.11. The number of carbonyl (C=O) groups excluding carboxylic acids is 1. The maximum atomic E-state index is 10.5. The monoisotopic (exact) mass is 270 g/mol. The lowest BCUT2D eigenvalue weighted by atomic mass is 10.2. The number of hydrogen-bond donors (Lipinski definition) is 2.